The molecule has 1 aromatic heterocycles. The van der Waals surface area contributed by atoms with Crippen LogP contribution in [-0.4, -0.2) is 23.1 Å². The second-order valence-electron chi connectivity index (χ2n) is 4.70. The molecule has 100 valence electrons. The summed E-state index contributed by atoms with van der Waals surface area (Å²) in [6.07, 6.45) is 3.10. The molecule has 1 aliphatic rings. The van der Waals surface area contributed by atoms with E-state index >= 15 is 0 Å². The minimum Gasteiger partial charge on any atom is -0.376 e. The first-order valence-corrected chi connectivity index (χ1v) is 7.01. The van der Waals surface area contributed by atoms with Crippen molar-refractivity contribution in [1.29, 1.82) is 0 Å². The lowest BCUT2D eigenvalue weighted by Crippen LogP contribution is -2.19. The molecule has 0 aromatic carbocycles. The van der Waals surface area contributed by atoms with Gasteiger partial charge in [-0.1, -0.05) is 13.8 Å². The summed E-state index contributed by atoms with van der Waals surface area (Å²) in [5.74, 6) is 2.44. The highest BCUT2D eigenvalue weighted by Gasteiger charge is 2.20. The maximum atomic E-state index is 5.52. The summed E-state index contributed by atoms with van der Waals surface area (Å²) in [7, 11) is 0. The summed E-state index contributed by atoms with van der Waals surface area (Å²) in [6, 6.07) is 0. The van der Waals surface area contributed by atoms with Crippen LogP contribution in [0.1, 0.15) is 56.6 Å². The molecule has 4 heteroatoms. The maximum Gasteiger partial charge on any atom is 0.135 e. The zero-order valence-corrected chi connectivity index (χ0v) is 11.6. The van der Waals surface area contributed by atoms with Crippen molar-refractivity contribution >= 4 is 5.82 Å². The Morgan fingerprint density at radius 1 is 1.22 bits per heavy atom. The number of anilines is 1. The number of nitrogens with zero attached hydrogens (tertiary/aromatic N) is 2. The third kappa shape index (κ3) is 2.64. The minimum atomic E-state index is 0.468. The number of hydrogen-bond donors (Lipinski definition) is 1. The van der Waals surface area contributed by atoms with Crippen LogP contribution in [0.5, 0.6) is 0 Å². The van der Waals surface area contributed by atoms with Crippen LogP contribution in [0.2, 0.25) is 0 Å². The second kappa shape index (κ2) is 6.14. The van der Waals surface area contributed by atoms with Crippen LogP contribution in [0.15, 0.2) is 0 Å². The largest absolute Gasteiger partial charge is 0.376 e. The first-order chi connectivity index (χ1) is 8.80. The fraction of sp³-hybridized carbons (Fsp3) is 0.714. The first kappa shape index (κ1) is 13.3. The van der Waals surface area contributed by atoms with Crippen LogP contribution in [-0.2, 0) is 17.8 Å². The normalized spacial score (nSPS) is 14.7. The molecule has 18 heavy (non-hydrogen) atoms. The van der Waals surface area contributed by atoms with Crippen molar-refractivity contribution in [2.45, 2.75) is 52.6 Å². The summed E-state index contributed by atoms with van der Waals surface area (Å²) < 4.78 is 5.52. The van der Waals surface area contributed by atoms with Gasteiger partial charge in [-0.3, -0.25) is 0 Å². The predicted octanol–water partition coefficient (Wildman–Crippen LogP) is 2.88. The number of rotatable bonds is 5. The Balaban J connectivity index is 2.40. The highest BCUT2D eigenvalue weighted by molar-refractivity contribution is 5.47. The Kier molecular flexibility index (Phi) is 4.53. The summed E-state index contributed by atoms with van der Waals surface area (Å²) in [4.78, 5) is 9.48. The van der Waals surface area contributed by atoms with Crippen molar-refractivity contribution in [2.75, 3.05) is 18.5 Å². The number of fused-ring (bicyclic) bond motifs is 1. The number of nitrogens with one attached hydrogen (secondary N) is 1. The molecule has 2 heterocycles. The molecular formula is C14H23N3O. The first-order valence-electron chi connectivity index (χ1n) is 7.01. The highest BCUT2D eigenvalue weighted by Crippen LogP contribution is 2.27. The number of ether oxygens (including phenoxy) is 1. The van der Waals surface area contributed by atoms with Crippen molar-refractivity contribution in [1.82, 2.24) is 9.97 Å². The van der Waals surface area contributed by atoms with Crippen LogP contribution in [0.4, 0.5) is 5.82 Å². The van der Waals surface area contributed by atoms with Crippen molar-refractivity contribution in [2.24, 2.45) is 0 Å². The lowest BCUT2D eigenvalue weighted by atomic mass is 10.0. The lowest BCUT2D eigenvalue weighted by molar-refractivity contribution is 0.109. The molecule has 0 amide bonds. The minimum absolute atomic E-state index is 0.468. The Labute approximate surface area is 109 Å². The van der Waals surface area contributed by atoms with E-state index in [1.807, 2.05) is 0 Å². The molecule has 0 saturated carbocycles. The van der Waals surface area contributed by atoms with Crippen LogP contribution in [0.25, 0.3) is 0 Å². The molecule has 0 radical (unpaired) electrons. The zero-order valence-electron chi connectivity index (χ0n) is 11.6. The summed E-state index contributed by atoms with van der Waals surface area (Å²) in [5, 5.41) is 3.35. The molecule has 1 aromatic rings. The summed E-state index contributed by atoms with van der Waals surface area (Å²) in [5.41, 5.74) is 2.33. The van der Waals surface area contributed by atoms with Gasteiger partial charge in [-0.25, -0.2) is 9.97 Å². The molecule has 0 atom stereocenters. The monoisotopic (exact) mass is 249 g/mol. The Hall–Kier alpha value is -1.16. The molecule has 0 bridgehead atoms. The van der Waals surface area contributed by atoms with Crippen LogP contribution in [0.3, 0.4) is 0 Å². The fourth-order valence-electron chi connectivity index (χ4n) is 2.40. The van der Waals surface area contributed by atoms with Crippen LogP contribution >= 0.6 is 0 Å². The smallest absolute Gasteiger partial charge is 0.135 e. The molecular weight excluding hydrogens is 226 g/mol. The number of aromatic nitrogens is 2. The predicted molar refractivity (Wildman–Crippen MR) is 72.9 cm³/mol. The molecule has 1 N–H and O–H groups in total. The van der Waals surface area contributed by atoms with E-state index in [9.17, 15) is 0 Å². The molecule has 2 rings (SSSR count). The molecule has 4 nitrogen and oxygen atoms in total. The lowest BCUT2D eigenvalue weighted by Gasteiger charge is -2.22. The molecule has 0 saturated heterocycles. The fourth-order valence-corrected chi connectivity index (χ4v) is 2.40. The van der Waals surface area contributed by atoms with Gasteiger partial charge in [0.2, 0.25) is 0 Å². The van der Waals surface area contributed by atoms with E-state index in [1.54, 1.807) is 0 Å². The van der Waals surface area contributed by atoms with Gasteiger partial charge >= 0.3 is 0 Å². The third-order valence-electron chi connectivity index (χ3n) is 3.53. The van der Waals surface area contributed by atoms with E-state index < -0.39 is 0 Å². The Morgan fingerprint density at radius 2 is 2.00 bits per heavy atom. The Morgan fingerprint density at radius 3 is 2.67 bits per heavy atom. The van der Waals surface area contributed by atoms with Crippen molar-refractivity contribution in [3.63, 3.8) is 0 Å². The quantitative estimate of drug-likeness (QED) is 0.871. The highest BCUT2D eigenvalue weighted by atomic mass is 16.5. The van der Waals surface area contributed by atoms with Crippen molar-refractivity contribution < 1.29 is 4.74 Å². The van der Waals surface area contributed by atoms with Crippen LogP contribution < -0.4 is 5.32 Å². The molecule has 0 aliphatic carbocycles. The van der Waals surface area contributed by atoms with Crippen LogP contribution in [0, 0.1) is 0 Å². The summed E-state index contributed by atoms with van der Waals surface area (Å²) >= 11 is 0. The Bertz CT molecular complexity index is 402. The van der Waals surface area contributed by atoms with Crippen molar-refractivity contribution in [3.8, 4) is 0 Å². The third-order valence-corrected chi connectivity index (χ3v) is 3.53. The average Bonchev–Trinajstić information content (AvgIpc) is 2.40. The van der Waals surface area contributed by atoms with Gasteiger partial charge in [0, 0.05) is 24.4 Å². The average molecular weight is 249 g/mol. The standard InChI is InChI=1S/C14H23N3O/c1-4-10(5-2)13-16-12-7-8-18-9-11(12)14(17-13)15-6-3/h10H,4-9H2,1-3H3,(H,15,16,17). The van der Waals surface area contributed by atoms with Gasteiger partial charge in [0.1, 0.15) is 11.6 Å². The van der Waals surface area contributed by atoms with E-state index in [-0.39, 0.29) is 0 Å². The molecule has 0 unspecified atom stereocenters. The molecule has 1 aliphatic heterocycles. The molecule has 0 fully saturated rings. The van der Waals surface area contributed by atoms with Gasteiger partial charge in [0.25, 0.3) is 0 Å². The van der Waals surface area contributed by atoms with E-state index in [1.165, 1.54) is 5.69 Å². The topological polar surface area (TPSA) is 47.0 Å². The van der Waals surface area contributed by atoms with Gasteiger partial charge in [0.15, 0.2) is 0 Å². The number of hydrogen-bond acceptors (Lipinski definition) is 4. The maximum absolute atomic E-state index is 5.52. The van der Waals surface area contributed by atoms with Gasteiger partial charge in [0.05, 0.1) is 18.9 Å². The molecule has 0 spiro atoms. The van der Waals surface area contributed by atoms with E-state index in [0.29, 0.717) is 12.5 Å². The van der Waals surface area contributed by atoms with Gasteiger partial charge in [-0.15, -0.1) is 0 Å². The van der Waals surface area contributed by atoms with E-state index in [2.05, 4.69) is 26.1 Å². The van der Waals surface area contributed by atoms with Crippen molar-refractivity contribution in [3.05, 3.63) is 17.1 Å². The second-order valence-corrected chi connectivity index (χ2v) is 4.70. The van der Waals surface area contributed by atoms with E-state index in [4.69, 9.17) is 14.7 Å². The van der Waals surface area contributed by atoms with Gasteiger partial charge in [-0.05, 0) is 19.8 Å². The van der Waals surface area contributed by atoms with E-state index in [0.717, 1.165) is 49.6 Å². The van der Waals surface area contributed by atoms with Gasteiger partial charge < -0.3 is 10.1 Å². The SMILES string of the molecule is CCNc1nc(C(CC)CC)nc2c1COCC2. The van der Waals surface area contributed by atoms with Gasteiger partial charge in [-0.2, -0.15) is 0 Å². The zero-order chi connectivity index (χ0) is 13.0. The summed E-state index contributed by atoms with van der Waals surface area (Å²) in [6.45, 7) is 8.79.